The van der Waals surface area contributed by atoms with Gasteiger partial charge in [-0.25, -0.2) is 0 Å². The highest BCUT2D eigenvalue weighted by molar-refractivity contribution is 5.77. The summed E-state index contributed by atoms with van der Waals surface area (Å²) >= 11 is 0. The van der Waals surface area contributed by atoms with Gasteiger partial charge in [-0.05, 0) is 6.42 Å². The fourth-order valence-corrected chi connectivity index (χ4v) is 0.754. The first-order valence-corrected chi connectivity index (χ1v) is 2.54. The van der Waals surface area contributed by atoms with Gasteiger partial charge in [0.25, 0.3) is 0 Å². The molecule has 4 nitrogen and oxygen atoms in total. The van der Waals surface area contributed by atoms with Gasteiger partial charge in [-0.1, -0.05) is 0 Å². The summed E-state index contributed by atoms with van der Waals surface area (Å²) in [5.74, 6) is -0.0347. The van der Waals surface area contributed by atoms with E-state index >= 15 is 0 Å². The van der Waals surface area contributed by atoms with Crippen LogP contribution in [0.25, 0.3) is 0 Å². The zero-order valence-electron chi connectivity index (χ0n) is 4.42. The SMILES string of the molecule is O=C1CCCN1NO. The lowest BCUT2D eigenvalue weighted by molar-refractivity contribution is -0.139. The summed E-state index contributed by atoms with van der Waals surface area (Å²) in [5.41, 5.74) is 1.80. The van der Waals surface area contributed by atoms with E-state index in [2.05, 4.69) is 0 Å². The first-order chi connectivity index (χ1) is 3.84. The third-order valence-corrected chi connectivity index (χ3v) is 1.19. The number of nitrogens with zero attached hydrogens (tertiary/aromatic N) is 1. The van der Waals surface area contributed by atoms with Gasteiger partial charge in [0.1, 0.15) is 0 Å². The molecule has 0 radical (unpaired) electrons. The van der Waals surface area contributed by atoms with Gasteiger partial charge in [0.2, 0.25) is 5.91 Å². The van der Waals surface area contributed by atoms with E-state index in [-0.39, 0.29) is 5.91 Å². The van der Waals surface area contributed by atoms with Crippen LogP contribution in [-0.2, 0) is 4.79 Å². The Morgan fingerprint density at radius 1 is 1.75 bits per heavy atom. The zero-order chi connectivity index (χ0) is 5.98. The molecule has 1 rings (SSSR count). The average molecular weight is 116 g/mol. The van der Waals surface area contributed by atoms with Crippen molar-refractivity contribution >= 4 is 5.91 Å². The molecule has 0 bridgehead atoms. The molecule has 0 spiro atoms. The Balaban J connectivity index is 2.42. The molecule has 1 aliphatic rings. The van der Waals surface area contributed by atoms with Gasteiger partial charge in [0, 0.05) is 13.0 Å². The van der Waals surface area contributed by atoms with Crippen LogP contribution >= 0.6 is 0 Å². The monoisotopic (exact) mass is 116 g/mol. The summed E-state index contributed by atoms with van der Waals surface area (Å²) in [5, 5.41) is 9.39. The van der Waals surface area contributed by atoms with E-state index in [0.717, 1.165) is 6.42 Å². The van der Waals surface area contributed by atoms with Gasteiger partial charge < -0.3 is 0 Å². The molecule has 4 heteroatoms. The summed E-state index contributed by atoms with van der Waals surface area (Å²) in [6.07, 6.45) is 1.39. The molecule has 0 unspecified atom stereocenters. The Morgan fingerprint density at radius 3 is 2.75 bits per heavy atom. The molecule has 8 heavy (non-hydrogen) atoms. The van der Waals surface area contributed by atoms with Gasteiger partial charge >= 0.3 is 0 Å². The van der Waals surface area contributed by atoms with Crippen molar-refractivity contribution in [2.24, 2.45) is 0 Å². The largest absolute Gasteiger partial charge is 0.297 e. The fraction of sp³-hybridized carbons (Fsp3) is 0.750. The minimum atomic E-state index is -0.0347. The Bertz CT molecular complexity index is 104. The minimum absolute atomic E-state index is 0.0347. The lowest BCUT2D eigenvalue weighted by Crippen LogP contribution is -2.36. The number of amides is 1. The van der Waals surface area contributed by atoms with Gasteiger partial charge in [-0.15, -0.1) is 5.59 Å². The molecule has 1 amide bonds. The molecule has 0 aliphatic carbocycles. The highest BCUT2D eigenvalue weighted by Gasteiger charge is 2.18. The zero-order valence-corrected chi connectivity index (χ0v) is 4.42. The number of hydrogen-bond donors (Lipinski definition) is 2. The Labute approximate surface area is 47.0 Å². The third kappa shape index (κ3) is 0.801. The fourth-order valence-electron chi connectivity index (χ4n) is 0.754. The maximum absolute atomic E-state index is 10.5. The molecule has 2 N–H and O–H groups in total. The van der Waals surface area contributed by atoms with Crippen LogP contribution in [0.5, 0.6) is 0 Å². The Hall–Kier alpha value is -0.610. The highest BCUT2D eigenvalue weighted by Crippen LogP contribution is 2.04. The van der Waals surface area contributed by atoms with Crippen molar-refractivity contribution in [3.8, 4) is 0 Å². The van der Waals surface area contributed by atoms with Crippen LogP contribution in [0.1, 0.15) is 12.8 Å². The van der Waals surface area contributed by atoms with E-state index in [1.165, 1.54) is 5.01 Å². The lowest BCUT2D eigenvalue weighted by atomic mass is 10.4. The van der Waals surface area contributed by atoms with Crippen molar-refractivity contribution < 1.29 is 10.0 Å². The van der Waals surface area contributed by atoms with Gasteiger partial charge in [0.05, 0.1) is 0 Å². The second-order valence-electron chi connectivity index (χ2n) is 1.75. The number of hydrogen-bond acceptors (Lipinski definition) is 3. The van der Waals surface area contributed by atoms with Gasteiger partial charge in [0.15, 0.2) is 0 Å². The van der Waals surface area contributed by atoms with Crippen molar-refractivity contribution in [2.45, 2.75) is 12.8 Å². The summed E-state index contributed by atoms with van der Waals surface area (Å²) in [6, 6.07) is 0. The molecule has 0 aromatic rings. The van der Waals surface area contributed by atoms with E-state index in [9.17, 15) is 4.79 Å². The first kappa shape index (κ1) is 5.53. The summed E-state index contributed by atoms with van der Waals surface area (Å²) < 4.78 is 0. The minimum Gasteiger partial charge on any atom is -0.297 e. The van der Waals surface area contributed by atoms with Crippen molar-refractivity contribution in [3.63, 3.8) is 0 Å². The molecular formula is C4H8N2O2. The van der Waals surface area contributed by atoms with Crippen molar-refractivity contribution in [1.82, 2.24) is 10.6 Å². The van der Waals surface area contributed by atoms with Crippen LogP contribution in [0.2, 0.25) is 0 Å². The van der Waals surface area contributed by atoms with E-state index in [1.54, 1.807) is 5.59 Å². The maximum atomic E-state index is 10.5. The Morgan fingerprint density at radius 2 is 2.50 bits per heavy atom. The predicted molar refractivity (Wildman–Crippen MR) is 25.9 cm³/mol. The molecule has 0 atom stereocenters. The molecule has 1 fully saturated rings. The van der Waals surface area contributed by atoms with Crippen LogP contribution in [0, 0.1) is 0 Å². The first-order valence-electron chi connectivity index (χ1n) is 2.54. The van der Waals surface area contributed by atoms with Crippen LogP contribution in [0.3, 0.4) is 0 Å². The molecule has 0 aromatic carbocycles. The van der Waals surface area contributed by atoms with Crippen molar-refractivity contribution in [3.05, 3.63) is 0 Å². The second-order valence-corrected chi connectivity index (χ2v) is 1.75. The van der Waals surface area contributed by atoms with Crippen LogP contribution in [-0.4, -0.2) is 22.7 Å². The number of carbonyl (C=O) groups is 1. The van der Waals surface area contributed by atoms with E-state index in [4.69, 9.17) is 5.21 Å². The van der Waals surface area contributed by atoms with Crippen molar-refractivity contribution in [1.29, 1.82) is 0 Å². The number of nitrogens with one attached hydrogen (secondary N) is 1. The topological polar surface area (TPSA) is 52.6 Å². The van der Waals surface area contributed by atoms with E-state index in [0.29, 0.717) is 13.0 Å². The standard InChI is InChI=1S/C4H8N2O2/c7-4-2-1-3-6(4)5-8/h5,8H,1-3H2. The molecule has 1 saturated heterocycles. The van der Waals surface area contributed by atoms with Crippen molar-refractivity contribution in [2.75, 3.05) is 6.54 Å². The number of rotatable bonds is 1. The van der Waals surface area contributed by atoms with Gasteiger partial charge in [-0.2, -0.15) is 0 Å². The maximum Gasteiger partial charge on any atom is 0.238 e. The van der Waals surface area contributed by atoms with E-state index < -0.39 is 0 Å². The lowest BCUT2D eigenvalue weighted by Gasteiger charge is -2.09. The molecular weight excluding hydrogens is 108 g/mol. The predicted octanol–water partition coefficient (Wildman–Crippen LogP) is -0.497. The molecule has 1 heterocycles. The quantitative estimate of drug-likeness (QED) is 0.454. The Kier molecular flexibility index (Phi) is 1.45. The molecule has 0 saturated carbocycles. The highest BCUT2D eigenvalue weighted by atomic mass is 16.5. The normalized spacial score (nSPS) is 20.1. The summed E-state index contributed by atoms with van der Waals surface area (Å²) in [7, 11) is 0. The molecule has 0 aromatic heterocycles. The van der Waals surface area contributed by atoms with Crippen LogP contribution in [0.4, 0.5) is 0 Å². The smallest absolute Gasteiger partial charge is 0.238 e. The van der Waals surface area contributed by atoms with E-state index in [1.807, 2.05) is 0 Å². The number of carbonyl (C=O) groups excluding carboxylic acids is 1. The molecule has 46 valence electrons. The second kappa shape index (κ2) is 2.11. The van der Waals surface area contributed by atoms with Gasteiger partial charge in [-0.3, -0.25) is 15.0 Å². The third-order valence-electron chi connectivity index (χ3n) is 1.19. The average Bonchev–Trinajstić information content (AvgIpc) is 2.14. The van der Waals surface area contributed by atoms with Crippen LogP contribution in [0.15, 0.2) is 0 Å². The number of hydrazine groups is 1. The van der Waals surface area contributed by atoms with Crippen LogP contribution < -0.4 is 5.59 Å². The summed E-state index contributed by atoms with van der Waals surface area (Å²) in [4.78, 5) is 10.5. The molecule has 1 aliphatic heterocycles. The summed E-state index contributed by atoms with van der Waals surface area (Å²) in [6.45, 7) is 0.620.